The van der Waals surface area contributed by atoms with E-state index in [-0.39, 0.29) is 18.2 Å². The van der Waals surface area contributed by atoms with Crippen LogP contribution >= 0.6 is 0 Å². The highest BCUT2D eigenvalue weighted by atomic mass is 16.5. The Balaban J connectivity index is 1.85. The number of carbonyl (C=O) groups excluding carboxylic acids is 1. The zero-order valence-corrected chi connectivity index (χ0v) is 14.0. The molecule has 0 aromatic heterocycles. The number of nitrogens with zero attached hydrogens (tertiary/aromatic N) is 1. The Bertz CT molecular complexity index is 755. The van der Waals surface area contributed by atoms with E-state index in [1.807, 2.05) is 24.3 Å². The fraction of sp³-hybridized carbons (Fsp3) is 0.158. The molecule has 2 aromatic carbocycles. The van der Waals surface area contributed by atoms with Gasteiger partial charge in [0.1, 0.15) is 11.5 Å². The summed E-state index contributed by atoms with van der Waals surface area (Å²) >= 11 is 0. The third-order valence-electron chi connectivity index (χ3n) is 3.45. The molecule has 0 unspecified atom stereocenters. The first kappa shape index (κ1) is 18.1. The van der Waals surface area contributed by atoms with Crippen LogP contribution in [-0.4, -0.2) is 30.9 Å². The summed E-state index contributed by atoms with van der Waals surface area (Å²) in [5.41, 5.74) is 4.50. The number of para-hydroxylation sites is 1. The lowest BCUT2D eigenvalue weighted by molar-refractivity contribution is -0.119. The molecule has 0 spiro atoms. The minimum Gasteiger partial charge on any atom is -0.507 e. The summed E-state index contributed by atoms with van der Waals surface area (Å²) in [6.07, 6.45) is 3.68. The van der Waals surface area contributed by atoms with Crippen molar-refractivity contribution in [2.24, 2.45) is 5.10 Å². The van der Waals surface area contributed by atoms with Crippen LogP contribution in [0.1, 0.15) is 11.1 Å². The highest BCUT2D eigenvalue weighted by Gasteiger charge is 2.04. The third kappa shape index (κ3) is 5.39. The molecule has 0 aliphatic carbocycles. The van der Waals surface area contributed by atoms with Crippen LogP contribution in [-0.2, 0) is 11.2 Å². The second-order valence-corrected chi connectivity index (χ2v) is 5.22. The molecule has 3 N–H and O–H groups in total. The molecule has 0 bridgehead atoms. The van der Waals surface area contributed by atoms with E-state index in [1.165, 1.54) is 6.21 Å². The number of nitrogens with one attached hydrogen (secondary N) is 2. The average Bonchev–Trinajstić information content (AvgIpc) is 2.63. The number of methoxy groups -OCH3 is 1. The van der Waals surface area contributed by atoms with E-state index in [2.05, 4.69) is 22.4 Å². The van der Waals surface area contributed by atoms with E-state index in [0.717, 1.165) is 17.0 Å². The number of phenols is 1. The van der Waals surface area contributed by atoms with Crippen molar-refractivity contribution in [2.45, 2.75) is 6.42 Å². The van der Waals surface area contributed by atoms with E-state index in [4.69, 9.17) is 4.74 Å². The number of rotatable bonds is 8. The molecule has 0 atom stereocenters. The summed E-state index contributed by atoms with van der Waals surface area (Å²) < 4.78 is 5.07. The van der Waals surface area contributed by atoms with Gasteiger partial charge < -0.3 is 15.2 Å². The molecule has 2 aromatic rings. The minimum atomic E-state index is -0.297. The Labute approximate surface area is 146 Å². The van der Waals surface area contributed by atoms with Crippen molar-refractivity contribution in [2.75, 3.05) is 19.0 Å². The maximum absolute atomic E-state index is 11.8. The molecule has 6 nitrogen and oxygen atoms in total. The molecule has 1 amide bonds. The van der Waals surface area contributed by atoms with Crippen molar-refractivity contribution < 1.29 is 14.6 Å². The minimum absolute atomic E-state index is 0.0756. The number of benzene rings is 2. The summed E-state index contributed by atoms with van der Waals surface area (Å²) in [4.78, 5) is 11.8. The Morgan fingerprint density at radius 3 is 2.72 bits per heavy atom. The van der Waals surface area contributed by atoms with Crippen molar-refractivity contribution in [3.05, 3.63) is 66.2 Å². The van der Waals surface area contributed by atoms with Gasteiger partial charge in [-0.15, -0.1) is 6.58 Å². The second-order valence-electron chi connectivity index (χ2n) is 5.22. The van der Waals surface area contributed by atoms with Gasteiger partial charge in [0.25, 0.3) is 5.91 Å². The summed E-state index contributed by atoms with van der Waals surface area (Å²) in [5, 5.41) is 17.0. The summed E-state index contributed by atoms with van der Waals surface area (Å²) in [6.45, 7) is 3.73. The van der Waals surface area contributed by atoms with Gasteiger partial charge in [0, 0.05) is 11.3 Å². The maximum atomic E-state index is 11.8. The standard InChI is InChI=1S/C19H21N3O3/c1-3-5-14-6-4-7-15(19(14)24)12-21-22-18(23)13-20-16-8-10-17(25-2)11-9-16/h3-4,6-12,20,24H,1,5,13H2,2H3,(H,22,23). The van der Waals surface area contributed by atoms with Crippen LogP contribution in [0.15, 0.2) is 60.2 Å². The van der Waals surface area contributed by atoms with Gasteiger partial charge in [0.15, 0.2) is 0 Å². The smallest absolute Gasteiger partial charge is 0.259 e. The number of hydrogen-bond acceptors (Lipinski definition) is 5. The van der Waals surface area contributed by atoms with Crippen LogP contribution in [0.2, 0.25) is 0 Å². The lowest BCUT2D eigenvalue weighted by atomic mass is 10.1. The first-order chi connectivity index (χ1) is 12.1. The zero-order chi connectivity index (χ0) is 18.1. The van der Waals surface area contributed by atoms with Crippen LogP contribution in [0.25, 0.3) is 0 Å². The molecule has 0 aliphatic heterocycles. The summed E-state index contributed by atoms with van der Waals surface area (Å²) in [7, 11) is 1.60. The van der Waals surface area contributed by atoms with Crippen LogP contribution in [0.5, 0.6) is 11.5 Å². The van der Waals surface area contributed by atoms with Gasteiger partial charge in [-0.25, -0.2) is 5.43 Å². The summed E-state index contributed by atoms with van der Waals surface area (Å²) in [6, 6.07) is 12.6. The number of phenolic OH excluding ortho intramolecular Hbond substituents is 1. The average molecular weight is 339 g/mol. The van der Waals surface area contributed by atoms with Gasteiger partial charge in [-0.05, 0) is 42.3 Å². The second kappa shape index (κ2) is 9.12. The zero-order valence-electron chi connectivity index (χ0n) is 14.0. The van der Waals surface area contributed by atoms with Gasteiger partial charge in [0.05, 0.1) is 19.9 Å². The van der Waals surface area contributed by atoms with Gasteiger partial charge in [-0.1, -0.05) is 18.2 Å². The predicted octanol–water partition coefficient (Wildman–Crippen LogP) is 2.69. The fourth-order valence-corrected chi connectivity index (χ4v) is 2.14. The molecule has 0 heterocycles. The fourth-order valence-electron chi connectivity index (χ4n) is 2.14. The van der Waals surface area contributed by atoms with Crippen LogP contribution < -0.4 is 15.5 Å². The van der Waals surface area contributed by atoms with Gasteiger partial charge in [-0.2, -0.15) is 5.10 Å². The van der Waals surface area contributed by atoms with E-state index >= 15 is 0 Å². The van der Waals surface area contributed by atoms with Crippen molar-refractivity contribution in [1.82, 2.24) is 5.43 Å². The first-order valence-corrected chi connectivity index (χ1v) is 7.75. The van der Waals surface area contributed by atoms with Gasteiger partial charge in [-0.3, -0.25) is 4.79 Å². The van der Waals surface area contributed by atoms with Crippen molar-refractivity contribution in [1.29, 1.82) is 0 Å². The molecular formula is C19H21N3O3. The van der Waals surface area contributed by atoms with Gasteiger partial charge in [0.2, 0.25) is 0 Å². The molecule has 130 valence electrons. The number of amides is 1. The van der Waals surface area contributed by atoms with Crippen molar-refractivity contribution in [3.8, 4) is 11.5 Å². The molecule has 2 rings (SSSR count). The van der Waals surface area contributed by atoms with Crippen LogP contribution in [0.3, 0.4) is 0 Å². The Morgan fingerprint density at radius 1 is 1.28 bits per heavy atom. The molecule has 0 saturated heterocycles. The third-order valence-corrected chi connectivity index (χ3v) is 3.45. The largest absolute Gasteiger partial charge is 0.507 e. The SMILES string of the molecule is C=CCc1cccc(C=NNC(=O)CNc2ccc(OC)cc2)c1O. The number of ether oxygens (including phenoxy) is 1. The van der Waals surface area contributed by atoms with Gasteiger partial charge >= 0.3 is 0 Å². The van der Waals surface area contributed by atoms with Crippen molar-refractivity contribution in [3.63, 3.8) is 0 Å². The molecule has 0 fully saturated rings. The number of anilines is 1. The first-order valence-electron chi connectivity index (χ1n) is 7.75. The topological polar surface area (TPSA) is 83.0 Å². The highest BCUT2D eigenvalue weighted by Crippen LogP contribution is 2.21. The number of allylic oxidation sites excluding steroid dienone is 1. The van der Waals surface area contributed by atoms with Crippen LogP contribution in [0.4, 0.5) is 5.69 Å². The monoisotopic (exact) mass is 339 g/mol. The van der Waals surface area contributed by atoms with E-state index < -0.39 is 0 Å². The summed E-state index contributed by atoms with van der Waals surface area (Å²) in [5.74, 6) is 0.587. The molecule has 25 heavy (non-hydrogen) atoms. The Morgan fingerprint density at radius 2 is 2.04 bits per heavy atom. The number of hydrazone groups is 1. The molecular weight excluding hydrogens is 318 g/mol. The molecule has 6 heteroatoms. The molecule has 0 aliphatic rings. The van der Waals surface area contributed by atoms with Crippen LogP contribution in [0, 0.1) is 0 Å². The lowest BCUT2D eigenvalue weighted by Gasteiger charge is -2.06. The van der Waals surface area contributed by atoms with E-state index in [9.17, 15) is 9.90 Å². The predicted molar refractivity (Wildman–Crippen MR) is 99.2 cm³/mol. The molecule has 0 radical (unpaired) electrons. The highest BCUT2D eigenvalue weighted by molar-refractivity contribution is 5.86. The van der Waals surface area contributed by atoms with E-state index in [1.54, 1.807) is 31.4 Å². The quantitative estimate of drug-likeness (QED) is 0.392. The normalized spacial score (nSPS) is 10.4. The number of carbonyl (C=O) groups is 1. The number of hydrogen-bond donors (Lipinski definition) is 3. The van der Waals surface area contributed by atoms with E-state index in [0.29, 0.717) is 12.0 Å². The van der Waals surface area contributed by atoms with Crippen molar-refractivity contribution >= 4 is 17.8 Å². The lowest BCUT2D eigenvalue weighted by Crippen LogP contribution is -2.25. The Hall–Kier alpha value is -3.28. The molecule has 0 saturated carbocycles. The Kier molecular flexibility index (Phi) is 6.59. The number of aromatic hydroxyl groups is 1. The maximum Gasteiger partial charge on any atom is 0.259 e.